The summed E-state index contributed by atoms with van der Waals surface area (Å²) in [5.74, 6) is -0.0615. The van der Waals surface area contributed by atoms with Crippen molar-refractivity contribution in [3.8, 4) is 0 Å². The van der Waals surface area contributed by atoms with Gasteiger partial charge < -0.3 is 20.5 Å². The first-order chi connectivity index (χ1) is 17.8. The molecule has 1 unspecified atom stereocenters. The number of amides is 1. The number of allylic oxidation sites excluding steroid dienone is 1. The molecule has 2 aromatic carbocycles. The van der Waals surface area contributed by atoms with Crippen molar-refractivity contribution in [1.82, 2.24) is 14.8 Å². The maximum absolute atomic E-state index is 13.6. The number of aliphatic hydroxyl groups is 1. The summed E-state index contributed by atoms with van der Waals surface area (Å²) in [6.45, 7) is 3.66. The van der Waals surface area contributed by atoms with Crippen molar-refractivity contribution in [1.29, 1.82) is 0 Å². The number of esters is 1. The first kappa shape index (κ1) is 25.5. The number of fused-ring (bicyclic) bond motifs is 1. The number of nitrogens with one attached hydrogen (secondary N) is 2. The van der Waals surface area contributed by atoms with Gasteiger partial charge >= 0.3 is 5.97 Å². The van der Waals surface area contributed by atoms with Gasteiger partial charge in [0.2, 0.25) is 5.95 Å². The summed E-state index contributed by atoms with van der Waals surface area (Å²) in [5, 5.41) is 31.1. The molecule has 4 rings (SSSR count). The molecule has 1 amide bonds. The van der Waals surface area contributed by atoms with Crippen molar-refractivity contribution >= 4 is 29.2 Å². The van der Waals surface area contributed by atoms with Gasteiger partial charge in [-0.15, -0.1) is 0 Å². The molecular weight excluding hydrogens is 480 g/mol. The van der Waals surface area contributed by atoms with Gasteiger partial charge in [0.25, 0.3) is 11.6 Å². The predicted molar refractivity (Wildman–Crippen MR) is 134 cm³/mol. The Morgan fingerprint density at radius 3 is 2.68 bits per heavy atom. The zero-order chi connectivity index (χ0) is 26.5. The number of benzene rings is 2. The molecule has 12 nitrogen and oxygen atoms in total. The Hall–Kier alpha value is -4.58. The summed E-state index contributed by atoms with van der Waals surface area (Å²) in [7, 11) is 0. The Kier molecular flexibility index (Phi) is 7.58. The summed E-state index contributed by atoms with van der Waals surface area (Å²) < 4.78 is 6.51. The zero-order valence-corrected chi connectivity index (χ0v) is 20.3. The van der Waals surface area contributed by atoms with Crippen LogP contribution in [0.2, 0.25) is 0 Å². The van der Waals surface area contributed by atoms with Crippen LogP contribution in [-0.4, -0.2) is 49.9 Å². The average molecular weight is 507 g/mol. The molecule has 0 radical (unpaired) electrons. The monoisotopic (exact) mass is 506 g/mol. The Labute approximate surface area is 212 Å². The minimum absolute atomic E-state index is 0.0223. The van der Waals surface area contributed by atoms with E-state index in [0.29, 0.717) is 52.7 Å². The first-order valence-electron chi connectivity index (χ1n) is 11.7. The number of aryl methyl sites for hydroxylation is 1. The molecule has 0 saturated carbocycles. The van der Waals surface area contributed by atoms with E-state index in [2.05, 4.69) is 20.7 Å². The molecular formula is C25H26N6O6. The van der Waals surface area contributed by atoms with Gasteiger partial charge in [-0.1, -0.05) is 12.1 Å². The van der Waals surface area contributed by atoms with E-state index in [4.69, 9.17) is 4.74 Å². The Bertz CT molecular complexity index is 1360. The molecule has 3 aromatic rings. The van der Waals surface area contributed by atoms with E-state index in [1.165, 1.54) is 16.8 Å². The fraction of sp³-hybridized carbons (Fsp3) is 0.280. The highest BCUT2D eigenvalue weighted by Gasteiger charge is 2.35. The summed E-state index contributed by atoms with van der Waals surface area (Å²) in [5.41, 5.74) is 1.96. The summed E-state index contributed by atoms with van der Waals surface area (Å²) >= 11 is 0. The van der Waals surface area contributed by atoms with Crippen LogP contribution in [0.4, 0.5) is 17.3 Å². The number of ether oxygens (including phenoxy) is 1. The second-order valence-electron chi connectivity index (χ2n) is 8.29. The topological polar surface area (TPSA) is 162 Å². The maximum Gasteiger partial charge on any atom is 0.338 e. The molecule has 37 heavy (non-hydrogen) atoms. The molecule has 0 spiro atoms. The van der Waals surface area contributed by atoms with E-state index in [1.54, 1.807) is 50.2 Å². The van der Waals surface area contributed by atoms with Crippen molar-refractivity contribution in [3.05, 3.63) is 86.9 Å². The normalized spacial score (nSPS) is 14.5. The number of non-ortho nitro benzene ring substituents is 1. The molecule has 1 aliphatic heterocycles. The fourth-order valence-electron chi connectivity index (χ4n) is 4.05. The molecule has 1 aromatic heterocycles. The van der Waals surface area contributed by atoms with Gasteiger partial charge in [0.15, 0.2) is 5.82 Å². The largest absolute Gasteiger partial charge is 0.462 e. The number of aliphatic hydroxyl groups excluding tert-OH is 1. The maximum atomic E-state index is 13.6. The van der Waals surface area contributed by atoms with Crippen molar-refractivity contribution in [2.45, 2.75) is 32.7 Å². The lowest BCUT2D eigenvalue weighted by Crippen LogP contribution is -2.31. The van der Waals surface area contributed by atoms with Gasteiger partial charge in [-0.05, 0) is 50.1 Å². The fourth-order valence-corrected chi connectivity index (χ4v) is 4.05. The van der Waals surface area contributed by atoms with E-state index < -0.39 is 22.8 Å². The molecule has 1 aliphatic rings. The minimum atomic E-state index is -0.801. The zero-order valence-electron chi connectivity index (χ0n) is 20.3. The highest BCUT2D eigenvalue weighted by Crippen LogP contribution is 2.36. The van der Waals surface area contributed by atoms with Crippen LogP contribution in [0.1, 0.15) is 48.1 Å². The van der Waals surface area contributed by atoms with Gasteiger partial charge in [0.05, 0.1) is 22.7 Å². The molecule has 1 atom stereocenters. The molecule has 0 fully saturated rings. The highest BCUT2D eigenvalue weighted by atomic mass is 16.6. The molecule has 0 saturated heterocycles. The number of hydrogen-bond donors (Lipinski definition) is 3. The van der Waals surface area contributed by atoms with Crippen LogP contribution < -0.4 is 10.6 Å². The van der Waals surface area contributed by atoms with Crippen LogP contribution in [0.15, 0.2) is 59.8 Å². The number of anilines is 2. The number of hydrogen-bond acceptors (Lipinski definition) is 9. The van der Waals surface area contributed by atoms with E-state index >= 15 is 0 Å². The lowest BCUT2D eigenvalue weighted by molar-refractivity contribution is -0.384. The average Bonchev–Trinajstić information content (AvgIpc) is 3.29. The molecule has 3 N–H and O–H groups in total. The third-order valence-corrected chi connectivity index (χ3v) is 5.75. The van der Waals surface area contributed by atoms with E-state index in [9.17, 15) is 24.8 Å². The number of rotatable bonds is 9. The Balaban J connectivity index is 1.70. The first-order valence-corrected chi connectivity index (χ1v) is 11.7. The van der Waals surface area contributed by atoms with Crippen molar-refractivity contribution in [2.75, 3.05) is 23.8 Å². The molecule has 2 heterocycles. The van der Waals surface area contributed by atoms with Gasteiger partial charge in [0, 0.05) is 36.5 Å². The lowest BCUT2D eigenvalue weighted by atomic mass is 9.94. The number of carbonyl (C=O) groups excluding carboxylic acids is 2. The number of nitro benzene ring substituents is 1. The molecule has 0 aliphatic carbocycles. The van der Waals surface area contributed by atoms with Gasteiger partial charge in [-0.3, -0.25) is 14.9 Å². The molecule has 0 bridgehead atoms. The van der Waals surface area contributed by atoms with Gasteiger partial charge in [-0.25, -0.2) is 9.48 Å². The number of aromatic nitrogens is 3. The Morgan fingerprint density at radius 1 is 1.24 bits per heavy atom. The van der Waals surface area contributed by atoms with E-state index in [-0.39, 0.29) is 18.9 Å². The standard InChI is InChI=1S/C25H26N6O6/c1-3-37-24(34)16-9-11-18(12-10-16)27-23(33)21-15(2)26-25-28-20(8-5-13-32)29-30(25)22(21)17-6-4-7-19(14-17)31(35)36/h4,6-7,9-12,14,22,32H,3,5,8,13H2,1-2H3,(H,27,33)(H,26,28,29). The highest BCUT2D eigenvalue weighted by molar-refractivity contribution is 6.06. The van der Waals surface area contributed by atoms with Gasteiger partial charge in [0.1, 0.15) is 6.04 Å². The van der Waals surface area contributed by atoms with E-state index in [0.717, 1.165) is 0 Å². The smallest absolute Gasteiger partial charge is 0.338 e. The second kappa shape index (κ2) is 11.0. The van der Waals surface area contributed by atoms with Crippen molar-refractivity contribution in [3.63, 3.8) is 0 Å². The third kappa shape index (κ3) is 5.48. The molecule has 192 valence electrons. The van der Waals surface area contributed by atoms with Crippen LogP contribution in [0.25, 0.3) is 0 Å². The quantitative estimate of drug-likeness (QED) is 0.225. The molecule has 12 heteroatoms. The predicted octanol–water partition coefficient (Wildman–Crippen LogP) is 3.22. The van der Waals surface area contributed by atoms with Crippen LogP contribution in [0.3, 0.4) is 0 Å². The number of carbonyl (C=O) groups is 2. The Morgan fingerprint density at radius 2 is 2.00 bits per heavy atom. The second-order valence-corrected chi connectivity index (χ2v) is 8.29. The SMILES string of the molecule is CCOC(=O)c1ccc(NC(=O)C2=C(C)Nc3nc(CCCO)nn3C2c2cccc([N+](=O)[O-])c2)cc1. The third-order valence-electron chi connectivity index (χ3n) is 5.75. The van der Waals surface area contributed by atoms with Crippen LogP contribution in [0, 0.1) is 10.1 Å². The summed E-state index contributed by atoms with van der Waals surface area (Å²) in [4.78, 5) is 40.9. The van der Waals surface area contributed by atoms with Crippen LogP contribution >= 0.6 is 0 Å². The number of nitro groups is 1. The summed E-state index contributed by atoms with van der Waals surface area (Å²) in [6.07, 6.45) is 0.889. The van der Waals surface area contributed by atoms with Crippen LogP contribution in [-0.2, 0) is 16.0 Å². The minimum Gasteiger partial charge on any atom is -0.462 e. The van der Waals surface area contributed by atoms with Crippen molar-refractivity contribution in [2.24, 2.45) is 0 Å². The number of nitrogens with zero attached hydrogens (tertiary/aromatic N) is 4. The van der Waals surface area contributed by atoms with E-state index in [1.807, 2.05) is 0 Å². The lowest BCUT2D eigenvalue weighted by Gasteiger charge is -2.28. The van der Waals surface area contributed by atoms with Gasteiger partial charge in [-0.2, -0.15) is 10.1 Å². The van der Waals surface area contributed by atoms with Crippen LogP contribution in [0.5, 0.6) is 0 Å². The summed E-state index contributed by atoms with van der Waals surface area (Å²) in [6, 6.07) is 11.5. The van der Waals surface area contributed by atoms with Crippen molar-refractivity contribution < 1.29 is 24.4 Å².